The van der Waals surface area contributed by atoms with Gasteiger partial charge in [-0.05, 0) is 54.5 Å². The summed E-state index contributed by atoms with van der Waals surface area (Å²) in [7, 11) is 0. The van der Waals surface area contributed by atoms with Gasteiger partial charge < -0.3 is 0 Å². The molecule has 1 aliphatic rings. The second-order valence-corrected chi connectivity index (χ2v) is 5.56. The maximum atomic E-state index is 6.30. The second kappa shape index (κ2) is 4.88. The van der Waals surface area contributed by atoms with Crippen molar-refractivity contribution in [2.24, 2.45) is 5.92 Å². The average molecular weight is 292 g/mol. The van der Waals surface area contributed by atoms with Crippen LogP contribution in [0.2, 0.25) is 0 Å². The maximum absolute atomic E-state index is 6.30. The summed E-state index contributed by atoms with van der Waals surface area (Å²) in [4.78, 5) is 0. The van der Waals surface area contributed by atoms with Crippen LogP contribution < -0.4 is 0 Å². The van der Waals surface area contributed by atoms with Gasteiger partial charge in [0.15, 0.2) is 0 Å². The lowest BCUT2D eigenvalue weighted by molar-refractivity contribution is 0.591. The molecule has 2 nitrogen and oxygen atoms in total. The van der Waals surface area contributed by atoms with Crippen LogP contribution in [0.5, 0.6) is 0 Å². The van der Waals surface area contributed by atoms with Crippen LogP contribution in [-0.4, -0.2) is 15.2 Å². The van der Waals surface area contributed by atoms with E-state index in [1.807, 2.05) is 10.9 Å². The molecule has 0 bridgehead atoms. The van der Waals surface area contributed by atoms with Crippen molar-refractivity contribution < 1.29 is 0 Å². The van der Waals surface area contributed by atoms with E-state index in [4.69, 9.17) is 11.6 Å². The second-order valence-electron chi connectivity index (χ2n) is 4.15. The van der Waals surface area contributed by atoms with Gasteiger partial charge in [-0.1, -0.05) is 0 Å². The van der Waals surface area contributed by atoms with Gasteiger partial charge in [-0.3, -0.25) is 4.68 Å². The highest BCUT2D eigenvalue weighted by molar-refractivity contribution is 9.10. The first-order valence-corrected chi connectivity index (χ1v) is 6.79. The molecule has 1 saturated carbocycles. The maximum Gasteiger partial charge on any atom is 0.0635 e. The molecule has 1 aromatic rings. The van der Waals surface area contributed by atoms with Crippen molar-refractivity contribution in [3.8, 4) is 0 Å². The number of halogens is 2. The van der Waals surface area contributed by atoms with Crippen LogP contribution in [0.1, 0.15) is 31.9 Å². The van der Waals surface area contributed by atoms with Gasteiger partial charge in [0, 0.05) is 11.9 Å². The van der Waals surface area contributed by atoms with Gasteiger partial charge >= 0.3 is 0 Å². The summed E-state index contributed by atoms with van der Waals surface area (Å²) < 4.78 is 3.16. The number of hydrogen-bond acceptors (Lipinski definition) is 1. The standard InChI is InChI=1S/C11H16BrClN2/c1-2-15-11(9(12)7-14-15)6-5-10(13)8-3-4-8/h7-8,10H,2-6H2,1H3. The quantitative estimate of drug-likeness (QED) is 0.758. The summed E-state index contributed by atoms with van der Waals surface area (Å²) in [5.74, 6) is 0.781. The minimum Gasteiger partial charge on any atom is -0.269 e. The Bertz CT molecular complexity index is 333. The molecule has 84 valence electrons. The number of aromatic nitrogens is 2. The number of rotatable bonds is 5. The molecule has 0 radical (unpaired) electrons. The molecule has 0 N–H and O–H groups in total. The molecule has 1 heterocycles. The van der Waals surface area contributed by atoms with Crippen molar-refractivity contribution in [3.63, 3.8) is 0 Å². The fourth-order valence-corrected chi connectivity index (χ4v) is 2.73. The molecule has 0 saturated heterocycles. The lowest BCUT2D eigenvalue weighted by atomic mass is 10.1. The lowest BCUT2D eigenvalue weighted by Crippen LogP contribution is -2.08. The molecule has 0 aliphatic heterocycles. The Morgan fingerprint density at radius 3 is 3.00 bits per heavy atom. The molecule has 1 atom stereocenters. The minimum absolute atomic E-state index is 0.358. The van der Waals surface area contributed by atoms with Crippen LogP contribution in [0.15, 0.2) is 10.7 Å². The monoisotopic (exact) mass is 290 g/mol. The van der Waals surface area contributed by atoms with Crippen molar-refractivity contribution in [2.45, 2.75) is 44.5 Å². The summed E-state index contributed by atoms with van der Waals surface area (Å²) in [6.07, 6.45) is 6.61. The Morgan fingerprint density at radius 2 is 2.40 bits per heavy atom. The Morgan fingerprint density at radius 1 is 1.67 bits per heavy atom. The third-order valence-corrected chi connectivity index (χ3v) is 4.22. The van der Waals surface area contributed by atoms with Crippen LogP contribution in [-0.2, 0) is 13.0 Å². The summed E-state index contributed by atoms with van der Waals surface area (Å²) in [5, 5.41) is 4.66. The normalized spacial score (nSPS) is 18.1. The Balaban J connectivity index is 1.93. The molecule has 1 unspecified atom stereocenters. The zero-order chi connectivity index (χ0) is 10.8. The first-order valence-electron chi connectivity index (χ1n) is 5.56. The number of nitrogens with zero attached hydrogens (tertiary/aromatic N) is 2. The number of alkyl halides is 1. The van der Waals surface area contributed by atoms with Crippen molar-refractivity contribution in [3.05, 3.63) is 16.4 Å². The largest absolute Gasteiger partial charge is 0.269 e. The van der Waals surface area contributed by atoms with E-state index in [9.17, 15) is 0 Å². The topological polar surface area (TPSA) is 17.8 Å². The number of hydrogen-bond donors (Lipinski definition) is 0. The highest BCUT2D eigenvalue weighted by Crippen LogP contribution is 2.37. The van der Waals surface area contributed by atoms with E-state index in [0.717, 1.165) is 29.8 Å². The van der Waals surface area contributed by atoms with Crippen LogP contribution >= 0.6 is 27.5 Å². The first kappa shape index (κ1) is 11.5. The van der Waals surface area contributed by atoms with E-state index in [-0.39, 0.29) is 0 Å². The fourth-order valence-electron chi connectivity index (χ4n) is 1.88. The van der Waals surface area contributed by atoms with Crippen molar-refractivity contribution in [1.29, 1.82) is 0 Å². The predicted octanol–water partition coefficient (Wildman–Crippen LogP) is 3.62. The van der Waals surface area contributed by atoms with Gasteiger partial charge in [0.1, 0.15) is 0 Å². The van der Waals surface area contributed by atoms with Gasteiger partial charge in [-0.2, -0.15) is 5.10 Å². The summed E-state index contributed by atoms with van der Waals surface area (Å²) in [5.41, 5.74) is 1.28. The molecular weight excluding hydrogens is 275 g/mol. The molecular formula is C11H16BrClN2. The van der Waals surface area contributed by atoms with Gasteiger partial charge in [0.05, 0.1) is 16.4 Å². The van der Waals surface area contributed by atoms with E-state index in [1.54, 1.807) is 0 Å². The van der Waals surface area contributed by atoms with Gasteiger partial charge in [-0.25, -0.2) is 0 Å². The van der Waals surface area contributed by atoms with Gasteiger partial charge in [0.2, 0.25) is 0 Å². The smallest absolute Gasteiger partial charge is 0.0635 e. The zero-order valence-electron chi connectivity index (χ0n) is 8.92. The average Bonchev–Trinajstić information content (AvgIpc) is 3.01. The SMILES string of the molecule is CCn1ncc(Br)c1CCC(Cl)C1CC1. The van der Waals surface area contributed by atoms with E-state index in [0.29, 0.717) is 5.38 Å². The van der Waals surface area contributed by atoms with Crippen LogP contribution in [0.3, 0.4) is 0 Å². The molecule has 1 fully saturated rings. The van der Waals surface area contributed by atoms with Crippen molar-refractivity contribution in [2.75, 3.05) is 0 Å². The summed E-state index contributed by atoms with van der Waals surface area (Å²) in [6, 6.07) is 0. The van der Waals surface area contributed by atoms with Crippen LogP contribution in [0, 0.1) is 5.92 Å². The molecule has 1 aliphatic carbocycles. The third kappa shape index (κ3) is 2.76. The van der Waals surface area contributed by atoms with Gasteiger partial charge in [0.25, 0.3) is 0 Å². The molecule has 1 aromatic heterocycles. The fraction of sp³-hybridized carbons (Fsp3) is 0.727. The lowest BCUT2D eigenvalue weighted by Gasteiger charge is -2.09. The van der Waals surface area contributed by atoms with E-state index in [2.05, 4.69) is 28.0 Å². The van der Waals surface area contributed by atoms with E-state index >= 15 is 0 Å². The van der Waals surface area contributed by atoms with Crippen molar-refractivity contribution >= 4 is 27.5 Å². The minimum atomic E-state index is 0.358. The van der Waals surface area contributed by atoms with Crippen LogP contribution in [0.25, 0.3) is 0 Å². The summed E-state index contributed by atoms with van der Waals surface area (Å²) >= 11 is 9.83. The van der Waals surface area contributed by atoms with E-state index in [1.165, 1.54) is 18.5 Å². The van der Waals surface area contributed by atoms with Gasteiger partial charge in [-0.15, -0.1) is 11.6 Å². The molecule has 0 aromatic carbocycles. The Kier molecular flexibility index (Phi) is 3.73. The van der Waals surface area contributed by atoms with Crippen LogP contribution in [0.4, 0.5) is 0 Å². The Labute approximate surface area is 104 Å². The highest BCUT2D eigenvalue weighted by Gasteiger charge is 2.29. The summed E-state index contributed by atoms with van der Waals surface area (Å²) in [6.45, 7) is 3.04. The first-order chi connectivity index (χ1) is 7.22. The Hall–Kier alpha value is -0.0200. The number of aryl methyl sites for hydroxylation is 1. The third-order valence-electron chi connectivity index (χ3n) is 2.99. The van der Waals surface area contributed by atoms with E-state index < -0.39 is 0 Å². The molecule has 0 amide bonds. The predicted molar refractivity (Wildman–Crippen MR) is 66.3 cm³/mol. The highest BCUT2D eigenvalue weighted by atomic mass is 79.9. The molecule has 0 spiro atoms. The molecule has 4 heteroatoms. The van der Waals surface area contributed by atoms with Crippen molar-refractivity contribution in [1.82, 2.24) is 9.78 Å². The molecule has 15 heavy (non-hydrogen) atoms. The molecule has 2 rings (SSSR count). The zero-order valence-corrected chi connectivity index (χ0v) is 11.3.